The first-order valence-corrected chi connectivity index (χ1v) is 7.39. The van der Waals surface area contributed by atoms with Crippen molar-refractivity contribution in [2.45, 2.75) is 52.6 Å². The maximum Gasteiger partial charge on any atom is 0.120 e. The zero-order valence-corrected chi connectivity index (χ0v) is 13.1. The Kier molecular flexibility index (Phi) is 4.66. The highest BCUT2D eigenvalue weighted by atomic mass is 16.3. The van der Waals surface area contributed by atoms with Crippen molar-refractivity contribution in [2.75, 3.05) is 0 Å². The summed E-state index contributed by atoms with van der Waals surface area (Å²) >= 11 is 0. The van der Waals surface area contributed by atoms with E-state index in [4.69, 9.17) is 4.42 Å². The van der Waals surface area contributed by atoms with Gasteiger partial charge in [0.1, 0.15) is 11.5 Å². The molecule has 0 saturated heterocycles. The number of aryl methyl sites for hydroxylation is 1. The third-order valence-electron chi connectivity index (χ3n) is 3.79. The minimum Gasteiger partial charge on any atom is -0.465 e. The Morgan fingerprint density at radius 3 is 1.90 bits per heavy atom. The third kappa shape index (κ3) is 3.51. The molecule has 1 aromatic carbocycles. The number of furan rings is 1. The van der Waals surface area contributed by atoms with Gasteiger partial charge in [0, 0.05) is 6.04 Å². The molecule has 2 unspecified atom stereocenters. The van der Waals surface area contributed by atoms with Crippen LogP contribution in [0.3, 0.4) is 0 Å². The van der Waals surface area contributed by atoms with Gasteiger partial charge >= 0.3 is 0 Å². The normalized spacial score (nSPS) is 14.5. The van der Waals surface area contributed by atoms with Crippen LogP contribution in [0.5, 0.6) is 0 Å². The molecular weight excluding hydrogens is 246 g/mol. The van der Waals surface area contributed by atoms with Gasteiger partial charge in [-0.3, -0.25) is 0 Å². The Morgan fingerprint density at radius 2 is 1.40 bits per heavy atom. The monoisotopic (exact) mass is 271 g/mol. The molecule has 2 atom stereocenters. The van der Waals surface area contributed by atoms with Crippen molar-refractivity contribution >= 4 is 0 Å². The highest BCUT2D eigenvalue weighted by Crippen LogP contribution is 2.22. The zero-order valence-electron chi connectivity index (χ0n) is 13.1. The van der Waals surface area contributed by atoms with Crippen LogP contribution in [-0.2, 0) is 0 Å². The summed E-state index contributed by atoms with van der Waals surface area (Å²) in [6, 6.07) is 13.4. The summed E-state index contributed by atoms with van der Waals surface area (Å²) in [5.41, 5.74) is 2.69. The van der Waals surface area contributed by atoms with Crippen molar-refractivity contribution in [1.29, 1.82) is 0 Å². The van der Waals surface area contributed by atoms with Gasteiger partial charge in [0.15, 0.2) is 0 Å². The van der Waals surface area contributed by atoms with Crippen molar-refractivity contribution in [2.24, 2.45) is 0 Å². The second-order valence-electron chi connectivity index (χ2n) is 5.88. The van der Waals surface area contributed by atoms with Crippen LogP contribution < -0.4 is 5.32 Å². The second-order valence-corrected chi connectivity index (χ2v) is 5.88. The molecule has 0 aliphatic rings. The smallest absolute Gasteiger partial charge is 0.120 e. The van der Waals surface area contributed by atoms with Gasteiger partial charge in [0.05, 0.1) is 6.04 Å². The van der Waals surface area contributed by atoms with Crippen LogP contribution in [0.2, 0.25) is 0 Å². The molecule has 2 aromatic rings. The van der Waals surface area contributed by atoms with Crippen LogP contribution in [0, 0.1) is 6.92 Å². The molecular formula is C18H25NO. The van der Waals surface area contributed by atoms with E-state index < -0.39 is 0 Å². The van der Waals surface area contributed by atoms with Crippen LogP contribution in [-0.4, -0.2) is 0 Å². The lowest BCUT2D eigenvalue weighted by Crippen LogP contribution is -2.22. The lowest BCUT2D eigenvalue weighted by molar-refractivity contribution is 0.392. The SMILES string of the molecule is Cc1ccc(C(C)NC(C)c2ccc(C(C)C)cc2)o1. The highest BCUT2D eigenvalue weighted by Gasteiger charge is 2.13. The van der Waals surface area contributed by atoms with Gasteiger partial charge in [0.2, 0.25) is 0 Å². The molecule has 0 saturated carbocycles. The van der Waals surface area contributed by atoms with Gasteiger partial charge in [0.25, 0.3) is 0 Å². The maximum absolute atomic E-state index is 5.67. The molecule has 20 heavy (non-hydrogen) atoms. The number of nitrogens with one attached hydrogen (secondary N) is 1. The number of hydrogen-bond acceptors (Lipinski definition) is 2. The van der Waals surface area contributed by atoms with E-state index in [0.29, 0.717) is 12.0 Å². The average Bonchev–Trinajstić information content (AvgIpc) is 2.85. The van der Waals surface area contributed by atoms with Crippen LogP contribution in [0.25, 0.3) is 0 Å². The number of hydrogen-bond donors (Lipinski definition) is 1. The Labute approximate surface area is 122 Å². The predicted molar refractivity (Wildman–Crippen MR) is 83.9 cm³/mol. The Morgan fingerprint density at radius 1 is 0.800 bits per heavy atom. The zero-order chi connectivity index (χ0) is 14.7. The molecule has 2 heteroatoms. The first-order valence-electron chi connectivity index (χ1n) is 7.39. The fourth-order valence-corrected chi connectivity index (χ4v) is 2.41. The van der Waals surface area contributed by atoms with Crippen LogP contribution >= 0.6 is 0 Å². The van der Waals surface area contributed by atoms with Crippen LogP contribution in [0.4, 0.5) is 0 Å². The molecule has 2 nitrogen and oxygen atoms in total. The summed E-state index contributed by atoms with van der Waals surface area (Å²) in [7, 11) is 0. The summed E-state index contributed by atoms with van der Waals surface area (Å²) in [4.78, 5) is 0. The van der Waals surface area contributed by atoms with E-state index in [-0.39, 0.29) is 6.04 Å². The molecule has 0 fully saturated rings. The van der Waals surface area contributed by atoms with Crippen molar-refractivity contribution in [3.8, 4) is 0 Å². The Hall–Kier alpha value is -1.54. The molecule has 1 aromatic heterocycles. The average molecular weight is 271 g/mol. The molecule has 0 amide bonds. The molecule has 0 spiro atoms. The van der Waals surface area contributed by atoms with E-state index in [1.807, 2.05) is 19.1 Å². The molecule has 108 valence electrons. The minimum absolute atomic E-state index is 0.212. The van der Waals surface area contributed by atoms with Crippen molar-refractivity contribution < 1.29 is 4.42 Å². The maximum atomic E-state index is 5.67. The fraction of sp³-hybridized carbons (Fsp3) is 0.444. The fourth-order valence-electron chi connectivity index (χ4n) is 2.41. The number of rotatable bonds is 5. The van der Waals surface area contributed by atoms with E-state index in [0.717, 1.165) is 11.5 Å². The van der Waals surface area contributed by atoms with Gasteiger partial charge < -0.3 is 9.73 Å². The van der Waals surface area contributed by atoms with Gasteiger partial charge in [-0.15, -0.1) is 0 Å². The van der Waals surface area contributed by atoms with E-state index in [9.17, 15) is 0 Å². The Balaban J connectivity index is 2.02. The summed E-state index contributed by atoms with van der Waals surface area (Å²) in [6.07, 6.45) is 0. The first-order chi connectivity index (χ1) is 9.47. The van der Waals surface area contributed by atoms with Crippen molar-refractivity contribution in [3.05, 3.63) is 59.0 Å². The van der Waals surface area contributed by atoms with Crippen molar-refractivity contribution in [1.82, 2.24) is 5.32 Å². The first kappa shape index (κ1) is 14.9. The molecule has 2 rings (SSSR count). The largest absolute Gasteiger partial charge is 0.465 e. The topological polar surface area (TPSA) is 25.2 Å². The highest BCUT2D eigenvalue weighted by molar-refractivity contribution is 5.26. The summed E-state index contributed by atoms with van der Waals surface area (Å²) < 4.78 is 5.67. The van der Waals surface area contributed by atoms with E-state index >= 15 is 0 Å². The van der Waals surface area contributed by atoms with E-state index in [1.54, 1.807) is 0 Å². The van der Waals surface area contributed by atoms with Gasteiger partial charge in [-0.1, -0.05) is 38.1 Å². The lowest BCUT2D eigenvalue weighted by atomic mass is 9.99. The van der Waals surface area contributed by atoms with Crippen LogP contribution in [0.15, 0.2) is 40.8 Å². The predicted octanol–water partition coefficient (Wildman–Crippen LogP) is 5.12. The quantitative estimate of drug-likeness (QED) is 0.816. The molecule has 0 aliphatic carbocycles. The molecule has 0 bridgehead atoms. The summed E-state index contributed by atoms with van der Waals surface area (Å²) in [5, 5.41) is 3.58. The molecule has 1 heterocycles. The second kappa shape index (κ2) is 6.27. The number of benzene rings is 1. The standard InChI is InChI=1S/C18H25NO/c1-12(2)16-7-9-17(10-8-16)14(4)19-15(5)18-11-6-13(3)20-18/h6-12,14-15,19H,1-5H3. The van der Waals surface area contributed by atoms with Crippen LogP contribution in [0.1, 0.15) is 68.3 Å². The van der Waals surface area contributed by atoms with Crippen molar-refractivity contribution in [3.63, 3.8) is 0 Å². The minimum atomic E-state index is 0.212. The molecule has 0 aliphatic heterocycles. The molecule has 0 radical (unpaired) electrons. The Bertz CT molecular complexity index is 539. The van der Waals surface area contributed by atoms with Gasteiger partial charge in [-0.05, 0) is 49.9 Å². The van der Waals surface area contributed by atoms with E-state index in [1.165, 1.54) is 11.1 Å². The van der Waals surface area contributed by atoms with Gasteiger partial charge in [-0.25, -0.2) is 0 Å². The summed E-state index contributed by atoms with van der Waals surface area (Å²) in [6.45, 7) is 10.7. The lowest BCUT2D eigenvalue weighted by Gasteiger charge is -2.19. The van der Waals surface area contributed by atoms with E-state index in [2.05, 4.69) is 57.3 Å². The summed E-state index contributed by atoms with van der Waals surface area (Å²) in [5.74, 6) is 2.54. The van der Waals surface area contributed by atoms with Gasteiger partial charge in [-0.2, -0.15) is 0 Å². The molecule has 1 N–H and O–H groups in total. The third-order valence-corrected chi connectivity index (χ3v) is 3.79.